The van der Waals surface area contributed by atoms with Crippen LogP contribution in [0.15, 0.2) is 0 Å². The van der Waals surface area contributed by atoms with E-state index in [1.807, 2.05) is 0 Å². The number of hydrogen-bond acceptors (Lipinski definition) is 0. The maximum Gasteiger partial charge on any atom is 4.00 e. The molecular weight excluding hydrogens is 217 g/mol. The van der Waals surface area contributed by atoms with Crippen molar-refractivity contribution in [2.75, 3.05) is 0 Å². The van der Waals surface area contributed by atoms with Gasteiger partial charge in [0.1, 0.15) is 0 Å². The molecule has 2 nitrogen and oxygen atoms in total. The van der Waals surface area contributed by atoms with E-state index in [9.17, 15) is 0 Å². The zero-order chi connectivity index (χ0) is 0. The zero-order valence-electron chi connectivity index (χ0n) is 1.32. The van der Waals surface area contributed by atoms with E-state index in [-0.39, 0.29) is 81.6 Å². The van der Waals surface area contributed by atoms with E-state index in [2.05, 4.69) is 0 Å². The Balaban J connectivity index is 0. The van der Waals surface area contributed by atoms with Crippen LogP contribution in [0.25, 0.3) is 0 Å². The van der Waals surface area contributed by atoms with Crippen LogP contribution in [0.1, 0.15) is 0 Å². The van der Waals surface area contributed by atoms with Crippen molar-refractivity contribution >= 4 is 48.9 Å². The van der Waals surface area contributed by atoms with Gasteiger partial charge in [-0.15, -0.1) is 0 Å². The van der Waals surface area contributed by atoms with Gasteiger partial charge in [-0.05, 0) is 0 Å². The summed E-state index contributed by atoms with van der Waals surface area (Å²) in [5.74, 6) is 0. The maximum absolute atomic E-state index is 0. The van der Waals surface area contributed by atoms with Gasteiger partial charge in [-0.1, -0.05) is 0 Å². The van der Waals surface area contributed by atoms with Gasteiger partial charge in [0.2, 0.25) is 0 Å². The molecule has 0 heterocycles. The molecule has 4 heavy (non-hydrogen) atoms. The third kappa shape index (κ3) is 8.88. The van der Waals surface area contributed by atoms with Crippen molar-refractivity contribution in [1.82, 2.24) is 0 Å². The molecule has 0 unspecified atom stereocenters. The van der Waals surface area contributed by atoms with Crippen molar-refractivity contribution in [3.63, 3.8) is 0 Å². The molecule has 0 fully saturated rings. The zero-order valence-corrected chi connectivity index (χ0v) is 2.88. The molecule has 0 spiro atoms. The minimum atomic E-state index is 0. The topological polar surface area (TPSA) is 57.0 Å². The van der Waals surface area contributed by atoms with Gasteiger partial charge in [0.25, 0.3) is 0 Å². The summed E-state index contributed by atoms with van der Waals surface area (Å²) in [5, 5.41) is 0. The van der Waals surface area contributed by atoms with E-state index >= 15 is 0 Å². The van der Waals surface area contributed by atoms with E-state index in [0.29, 0.717) is 0 Å². The average molecular weight is 219 g/mol. The van der Waals surface area contributed by atoms with Gasteiger partial charge in [0.15, 0.2) is 0 Å². The van der Waals surface area contributed by atoms with Gasteiger partial charge >= 0.3 is 70.6 Å². The molecule has 0 aromatic carbocycles. The van der Waals surface area contributed by atoms with Crippen LogP contribution in [0, 0.1) is 0 Å². The third-order valence-electron chi connectivity index (χ3n) is 0. The molecule has 0 atom stereocenters. The van der Waals surface area contributed by atoms with Crippen molar-refractivity contribution in [3.8, 4) is 0 Å². The molecule has 0 rings (SSSR count). The Hall–Kier alpha value is 2.21. The summed E-state index contributed by atoms with van der Waals surface area (Å²) in [6.07, 6.45) is 0. The summed E-state index contributed by atoms with van der Waals surface area (Å²) in [6, 6.07) is 0. The minimum Gasteiger partial charge on any atom is -2.00 e. The fourth-order valence-electron chi connectivity index (χ4n) is 0. The molecule has 0 amide bonds. The summed E-state index contributed by atoms with van der Waals surface area (Å²) in [7, 11) is 0. The Morgan fingerprint density at radius 3 is 0.750 bits per heavy atom. The molecule has 0 aliphatic rings. The largest absolute Gasteiger partial charge is 4.00 e. The smallest absolute Gasteiger partial charge is 2.00 e. The molecule has 0 aromatic heterocycles. The van der Waals surface area contributed by atoms with Crippen LogP contribution in [-0.2, 0) is 32.7 Å². The summed E-state index contributed by atoms with van der Waals surface area (Å²) in [6.45, 7) is 0. The van der Waals surface area contributed by atoms with E-state index in [1.54, 1.807) is 0 Å². The van der Waals surface area contributed by atoms with Crippen LogP contribution in [0.4, 0.5) is 0 Å². The quantitative estimate of drug-likeness (QED) is 0.462. The Labute approximate surface area is 79.9 Å². The first-order valence-electron chi connectivity index (χ1n) is 0. The first-order valence-corrected chi connectivity index (χ1v) is 0. The van der Waals surface area contributed by atoms with Gasteiger partial charge in [-0.3, -0.25) is 0 Å². The van der Waals surface area contributed by atoms with E-state index in [0.717, 1.165) is 0 Å². The Kier molecular flexibility index (Phi) is 164. The standard InChI is InChI=1S/Ba.2O.Ti.2H/q;2*-2;+4;;. The Morgan fingerprint density at radius 1 is 0.750 bits per heavy atom. The van der Waals surface area contributed by atoms with Crippen molar-refractivity contribution in [1.29, 1.82) is 0 Å². The SMILES string of the molecule is [BaH2].[O-2].[O-2].[Ti+4]. The van der Waals surface area contributed by atoms with Crippen molar-refractivity contribution < 1.29 is 32.7 Å². The molecule has 0 radical (unpaired) electrons. The number of rotatable bonds is 0. The van der Waals surface area contributed by atoms with E-state index < -0.39 is 0 Å². The summed E-state index contributed by atoms with van der Waals surface area (Å²) < 4.78 is 0. The van der Waals surface area contributed by atoms with Gasteiger partial charge in [-0.25, -0.2) is 0 Å². The molecule has 4 heteroatoms. The average Bonchev–Trinajstić information content (AvgIpc) is 0. The fourth-order valence-corrected chi connectivity index (χ4v) is 0. The predicted octanol–water partition coefficient (Wildman–Crippen LogP) is -1.16. The van der Waals surface area contributed by atoms with Crippen LogP contribution in [0.2, 0.25) is 0 Å². The maximum atomic E-state index is 0. The Morgan fingerprint density at radius 2 is 0.750 bits per heavy atom. The van der Waals surface area contributed by atoms with E-state index in [1.165, 1.54) is 0 Å². The normalized spacial score (nSPS) is 0. The molecule has 0 bridgehead atoms. The molecular formula is H2BaO2Ti. The summed E-state index contributed by atoms with van der Waals surface area (Å²) in [5.41, 5.74) is 0. The van der Waals surface area contributed by atoms with Crippen molar-refractivity contribution in [3.05, 3.63) is 0 Å². The molecule has 0 aliphatic carbocycles. The fraction of sp³-hybridized carbons (Fsp3) is 0. The van der Waals surface area contributed by atoms with Gasteiger partial charge < -0.3 is 11.0 Å². The molecule has 0 saturated heterocycles. The first kappa shape index (κ1) is 34.6. The van der Waals surface area contributed by atoms with Crippen LogP contribution in [0.3, 0.4) is 0 Å². The van der Waals surface area contributed by atoms with Crippen LogP contribution >= 0.6 is 0 Å². The van der Waals surface area contributed by atoms with Crippen LogP contribution in [0.5, 0.6) is 0 Å². The minimum absolute atomic E-state index is 0. The molecule has 0 aromatic rings. The van der Waals surface area contributed by atoms with E-state index in [4.69, 9.17) is 0 Å². The summed E-state index contributed by atoms with van der Waals surface area (Å²) >= 11 is 0. The van der Waals surface area contributed by atoms with Crippen LogP contribution < -0.4 is 0 Å². The molecule has 0 aliphatic heterocycles. The molecule has 0 N–H and O–H groups in total. The summed E-state index contributed by atoms with van der Waals surface area (Å²) in [4.78, 5) is 0. The molecule has 0 saturated carbocycles. The second-order valence-corrected chi connectivity index (χ2v) is 0. The third-order valence-corrected chi connectivity index (χ3v) is 0. The van der Waals surface area contributed by atoms with Gasteiger partial charge in [-0.2, -0.15) is 0 Å². The van der Waals surface area contributed by atoms with Gasteiger partial charge in [0, 0.05) is 0 Å². The second-order valence-electron chi connectivity index (χ2n) is 0. The van der Waals surface area contributed by atoms with Crippen molar-refractivity contribution in [2.24, 2.45) is 0 Å². The predicted molar refractivity (Wildman–Crippen MR) is 9.92 cm³/mol. The molecule has 20 valence electrons. The van der Waals surface area contributed by atoms with Crippen LogP contribution in [-0.4, -0.2) is 48.9 Å². The second kappa shape index (κ2) is 18.9. The monoisotopic (exact) mass is 220 g/mol. The number of hydrogen-bond donors (Lipinski definition) is 0. The van der Waals surface area contributed by atoms with Gasteiger partial charge in [0.05, 0.1) is 0 Å². The first-order chi connectivity index (χ1) is 0. The Bertz CT molecular complexity index is 6.00. The van der Waals surface area contributed by atoms with Crippen molar-refractivity contribution in [2.45, 2.75) is 0 Å².